The highest BCUT2D eigenvalue weighted by Crippen LogP contribution is 2.10. The first kappa shape index (κ1) is 9.32. The van der Waals surface area contributed by atoms with Gasteiger partial charge in [0.2, 0.25) is 5.90 Å². The van der Waals surface area contributed by atoms with Crippen LogP contribution in [0.15, 0.2) is 5.10 Å². The molecule has 0 saturated heterocycles. The molecule has 0 unspecified atom stereocenters. The van der Waals surface area contributed by atoms with Crippen LogP contribution in [-0.2, 0) is 4.74 Å². The molecule has 4 heteroatoms. The summed E-state index contributed by atoms with van der Waals surface area (Å²) in [5.74, 6) is 0.790. The fourth-order valence-electron chi connectivity index (χ4n) is 1.13. The van der Waals surface area contributed by atoms with Gasteiger partial charge in [-0.25, -0.2) is 0 Å². The van der Waals surface area contributed by atoms with E-state index in [0.29, 0.717) is 6.61 Å². The van der Waals surface area contributed by atoms with Gasteiger partial charge in [0.1, 0.15) is 0 Å². The maximum atomic E-state index is 8.86. The van der Waals surface area contributed by atoms with Crippen molar-refractivity contribution in [2.75, 3.05) is 19.8 Å². The molecule has 1 N–H and O–H groups in total. The third-order valence-corrected chi connectivity index (χ3v) is 1.88. The van der Waals surface area contributed by atoms with Gasteiger partial charge >= 0.3 is 0 Å². The van der Waals surface area contributed by atoms with Gasteiger partial charge in [-0.15, -0.1) is 5.10 Å². The summed E-state index contributed by atoms with van der Waals surface area (Å²) in [4.78, 5) is 0. The Morgan fingerprint density at radius 2 is 2.50 bits per heavy atom. The summed E-state index contributed by atoms with van der Waals surface area (Å²) in [6.45, 7) is 5.55. The lowest BCUT2D eigenvalue weighted by molar-refractivity contribution is 0.149. The van der Waals surface area contributed by atoms with E-state index in [0.717, 1.165) is 18.9 Å². The summed E-state index contributed by atoms with van der Waals surface area (Å²) in [6.07, 6.45) is 0.859. The molecule has 0 aromatic carbocycles. The van der Waals surface area contributed by atoms with Crippen LogP contribution in [0, 0.1) is 0 Å². The molecular weight excluding hydrogens is 156 g/mol. The predicted molar refractivity (Wildman–Crippen MR) is 46.9 cm³/mol. The average molecular weight is 172 g/mol. The lowest BCUT2D eigenvalue weighted by atomic mass is 10.3. The molecule has 1 aliphatic heterocycles. The Hall–Kier alpha value is -0.770. The van der Waals surface area contributed by atoms with E-state index in [1.807, 2.05) is 18.9 Å². The third kappa shape index (κ3) is 2.11. The number of nitrogens with zero attached hydrogens (tertiary/aromatic N) is 2. The van der Waals surface area contributed by atoms with Crippen molar-refractivity contribution < 1.29 is 9.84 Å². The van der Waals surface area contributed by atoms with Crippen LogP contribution >= 0.6 is 0 Å². The molecule has 4 nitrogen and oxygen atoms in total. The summed E-state index contributed by atoms with van der Waals surface area (Å²) in [5.41, 5.74) is 0. The van der Waals surface area contributed by atoms with Crippen LogP contribution < -0.4 is 0 Å². The van der Waals surface area contributed by atoms with Gasteiger partial charge in [0.15, 0.2) is 0 Å². The lowest BCUT2D eigenvalue weighted by Gasteiger charge is -2.19. The van der Waals surface area contributed by atoms with Crippen molar-refractivity contribution in [1.82, 2.24) is 5.01 Å². The minimum atomic E-state index is 0.1000. The maximum absolute atomic E-state index is 8.86. The zero-order chi connectivity index (χ0) is 8.97. The highest BCUT2D eigenvalue weighted by molar-refractivity contribution is 5.77. The van der Waals surface area contributed by atoms with Crippen molar-refractivity contribution in [3.63, 3.8) is 0 Å². The molecule has 12 heavy (non-hydrogen) atoms. The molecule has 1 aliphatic rings. The van der Waals surface area contributed by atoms with E-state index in [1.54, 1.807) is 0 Å². The minimum Gasteiger partial charge on any atom is -0.480 e. The Morgan fingerprint density at radius 3 is 3.08 bits per heavy atom. The molecule has 0 radical (unpaired) electrons. The maximum Gasteiger partial charge on any atom is 0.207 e. The highest BCUT2D eigenvalue weighted by Gasteiger charge is 2.19. The monoisotopic (exact) mass is 172 g/mol. The zero-order valence-electron chi connectivity index (χ0n) is 7.66. The van der Waals surface area contributed by atoms with Crippen LogP contribution in [-0.4, -0.2) is 41.8 Å². The summed E-state index contributed by atoms with van der Waals surface area (Å²) in [5, 5.41) is 14.9. The first-order valence-corrected chi connectivity index (χ1v) is 4.35. The number of aliphatic hydroxyl groups is 1. The van der Waals surface area contributed by atoms with Gasteiger partial charge in [0.25, 0.3) is 0 Å². The quantitative estimate of drug-likeness (QED) is 0.671. The van der Waals surface area contributed by atoms with Gasteiger partial charge < -0.3 is 9.84 Å². The number of ether oxygens (including phenoxy) is 1. The standard InChI is InChI=1S/C8H16N2O2/c1-3-12-8-4-5-10(9-8)7(2)6-11/h7,11H,3-6H2,1-2H3/t7-/m0/s1. The van der Waals surface area contributed by atoms with E-state index >= 15 is 0 Å². The van der Waals surface area contributed by atoms with Crippen LogP contribution in [0.3, 0.4) is 0 Å². The molecule has 0 aromatic rings. The first-order valence-electron chi connectivity index (χ1n) is 4.35. The van der Waals surface area contributed by atoms with Crippen LogP contribution in [0.5, 0.6) is 0 Å². The van der Waals surface area contributed by atoms with Gasteiger partial charge in [0.05, 0.1) is 19.3 Å². The van der Waals surface area contributed by atoms with Gasteiger partial charge in [-0.1, -0.05) is 0 Å². The molecule has 1 rings (SSSR count). The number of rotatable bonds is 3. The fourth-order valence-corrected chi connectivity index (χ4v) is 1.13. The molecule has 1 atom stereocenters. The molecule has 0 aromatic heterocycles. The second-order valence-electron chi connectivity index (χ2n) is 2.87. The number of hydrogen-bond acceptors (Lipinski definition) is 4. The van der Waals surface area contributed by atoms with Crippen molar-refractivity contribution in [3.05, 3.63) is 0 Å². The lowest BCUT2D eigenvalue weighted by Crippen LogP contribution is -2.29. The van der Waals surface area contributed by atoms with Crippen LogP contribution in [0.2, 0.25) is 0 Å². The van der Waals surface area contributed by atoms with E-state index in [9.17, 15) is 0 Å². The largest absolute Gasteiger partial charge is 0.480 e. The SMILES string of the molecule is CCOC1=NN([C@@H](C)CO)CC1. The smallest absolute Gasteiger partial charge is 0.207 e. The first-order chi connectivity index (χ1) is 5.77. The second kappa shape index (κ2) is 4.30. The predicted octanol–water partition coefficient (Wildman–Crippen LogP) is 0.423. The van der Waals surface area contributed by atoms with Crippen LogP contribution in [0.4, 0.5) is 0 Å². The van der Waals surface area contributed by atoms with Crippen LogP contribution in [0.1, 0.15) is 20.3 Å². The molecule has 70 valence electrons. The topological polar surface area (TPSA) is 45.1 Å². The Morgan fingerprint density at radius 1 is 1.75 bits per heavy atom. The third-order valence-electron chi connectivity index (χ3n) is 1.88. The summed E-state index contributed by atoms with van der Waals surface area (Å²) < 4.78 is 5.25. The second-order valence-corrected chi connectivity index (χ2v) is 2.87. The van der Waals surface area contributed by atoms with Crippen molar-refractivity contribution >= 4 is 5.90 Å². The zero-order valence-corrected chi connectivity index (χ0v) is 7.66. The molecule has 0 fully saturated rings. The molecule has 0 amide bonds. The number of hydrazone groups is 1. The molecular formula is C8H16N2O2. The average Bonchev–Trinajstić information content (AvgIpc) is 2.52. The minimum absolute atomic E-state index is 0.1000. The summed E-state index contributed by atoms with van der Waals surface area (Å²) in [7, 11) is 0. The van der Waals surface area contributed by atoms with Gasteiger partial charge in [-0.3, -0.25) is 5.01 Å². The van der Waals surface area contributed by atoms with Gasteiger partial charge in [-0.2, -0.15) is 0 Å². The molecule has 0 spiro atoms. The van der Waals surface area contributed by atoms with Gasteiger partial charge in [-0.05, 0) is 13.8 Å². The van der Waals surface area contributed by atoms with Crippen molar-refractivity contribution in [2.24, 2.45) is 5.10 Å². The van der Waals surface area contributed by atoms with Crippen molar-refractivity contribution in [2.45, 2.75) is 26.3 Å². The van der Waals surface area contributed by atoms with E-state index in [1.165, 1.54) is 0 Å². The Kier molecular flexibility index (Phi) is 3.34. The highest BCUT2D eigenvalue weighted by atomic mass is 16.5. The number of aliphatic hydroxyl groups excluding tert-OH is 1. The van der Waals surface area contributed by atoms with E-state index in [4.69, 9.17) is 9.84 Å². The Bertz CT molecular complexity index is 170. The van der Waals surface area contributed by atoms with E-state index in [-0.39, 0.29) is 12.6 Å². The molecule has 1 heterocycles. The molecule has 0 aliphatic carbocycles. The Labute approximate surface area is 72.8 Å². The van der Waals surface area contributed by atoms with Gasteiger partial charge in [0, 0.05) is 13.0 Å². The van der Waals surface area contributed by atoms with Crippen LogP contribution in [0.25, 0.3) is 0 Å². The van der Waals surface area contributed by atoms with Crippen molar-refractivity contribution in [1.29, 1.82) is 0 Å². The molecule has 0 saturated carbocycles. The fraction of sp³-hybridized carbons (Fsp3) is 0.875. The number of hydrogen-bond donors (Lipinski definition) is 1. The van der Waals surface area contributed by atoms with E-state index in [2.05, 4.69) is 5.10 Å². The summed E-state index contributed by atoms with van der Waals surface area (Å²) >= 11 is 0. The van der Waals surface area contributed by atoms with Crippen molar-refractivity contribution in [3.8, 4) is 0 Å². The summed E-state index contributed by atoms with van der Waals surface area (Å²) in [6, 6.07) is 0.1000. The molecule has 0 bridgehead atoms. The normalized spacial score (nSPS) is 19.2. The Balaban J connectivity index is 2.41. The van der Waals surface area contributed by atoms with E-state index < -0.39 is 0 Å².